The van der Waals surface area contributed by atoms with Gasteiger partial charge in [0.15, 0.2) is 0 Å². The van der Waals surface area contributed by atoms with Crippen LogP contribution in [0.15, 0.2) is 27.6 Å². The molecule has 3 nitrogen and oxygen atoms in total. The molecule has 1 aliphatic heterocycles. The van der Waals surface area contributed by atoms with Crippen LogP contribution in [0.25, 0.3) is 0 Å². The van der Waals surface area contributed by atoms with E-state index in [0.717, 1.165) is 19.5 Å². The first kappa shape index (κ1) is 11.9. The van der Waals surface area contributed by atoms with Gasteiger partial charge in [0, 0.05) is 12.7 Å². The maximum atomic E-state index is 11.7. The highest BCUT2D eigenvalue weighted by atomic mass is 79.9. The fourth-order valence-electron chi connectivity index (χ4n) is 2.15. The second-order valence-corrected chi connectivity index (χ2v) is 5.11. The Labute approximate surface area is 104 Å². The van der Waals surface area contributed by atoms with Crippen molar-refractivity contribution >= 4 is 15.9 Å². The molecule has 4 heteroatoms. The molecule has 1 fully saturated rings. The predicted octanol–water partition coefficient (Wildman–Crippen LogP) is 2.10. The molecule has 0 aliphatic carbocycles. The lowest BCUT2D eigenvalue weighted by molar-refractivity contribution is 0.324. The number of pyridine rings is 1. The first-order valence-corrected chi connectivity index (χ1v) is 6.64. The van der Waals surface area contributed by atoms with Gasteiger partial charge in [-0.1, -0.05) is 0 Å². The van der Waals surface area contributed by atoms with Crippen LogP contribution in [0.4, 0.5) is 0 Å². The smallest absolute Gasteiger partial charge is 0.264 e. The molecule has 0 saturated carbocycles. The Morgan fingerprint density at radius 3 is 2.75 bits per heavy atom. The molecular formula is C12H17BrN2O. The highest BCUT2D eigenvalue weighted by molar-refractivity contribution is 9.10. The zero-order valence-electron chi connectivity index (χ0n) is 9.36. The van der Waals surface area contributed by atoms with E-state index in [2.05, 4.69) is 20.8 Å². The van der Waals surface area contributed by atoms with Crippen LogP contribution in [-0.4, -0.2) is 29.1 Å². The van der Waals surface area contributed by atoms with Crippen LogP contribution in [0.3, 0.4) is 0 Å². The van der Waals surface area contributed by atoms with E-state index in [1.165, 1.54) is 25.9 Å². The van der Waals surface area contributed by atoms with Crippen LogP contribution >= 0.6 is 15.9 Å². The quantitative estimate of drug-likeness (QED) is 0.846. The maximum absolute atomic E-state index is 11.7. The summed E-state index contributed by atoms with van der Waals surface area (Å²) in [5, 5.41) is 0. The van der Waals surface area contributed by atoms with Crippen molar-refractivity contribution < 1.29 is 0 Å². The number of aromatic nitrogens is 1. The van der Waals surface area contributed by atoms with Gasteiger partial charge in [-0.2, -0.15) is 0 Å². The number of likely N-dealkylation sites (tertiary alicyclic amines) is 1. The monoisotopic (exact) mass is 284 g/mol. The van der Waals surface area contributed by atoms with Crippen LogP contribution in [0, 0.1) is 0 Å². The van der Waals surface area contributed by atoms with Gasteiger partial charge in [0.1, 0.15) is 0 Å². The lowest BCUT2D eigenvalue weighted by atomic mass is 10.3. The molecule has 0 amide bonds. The summed E-state index contributed by atoms with van der Waals surface area (Å²) in [4.78, 5) is 14.2. The third kappa shape index (κ3) is 2.95. The van der Waals surface area contributed by atoms with Crippen molar-refractivity contribution in [3.05, 3.63) is 33.2 Å². The standard InChI is InChI=1S/C12H17BrN2O/c13-11-5-3-9-15(12(11)16)10-4-8-14-6-1-2-7-14/h3,5,9H,1-2,4,6-8,10H2. The molecule has 0 bridgehead atoms. The fourth-order valence-corrected chi connectivity index (χ4v) is 2.53. The number of rotatable bonds is 4. The van der Waals surface area contributed by atoms with E-state index < -0.39 is 0 Å². The van der Waals surface area contributed by atoms with Crippen molar-refractivity contribution in [2.45, 2.75) is 25.8 Å². The zero-order chi connectivity index (χ0) is 11.4. The van der Waals surface area contributed by atoms with Crippen LogP contribution in [-0.2, 0) is 6.54 Å². The third-order valence-corrected chi connectivity index (χ3v) is 3.65. The van der Waals surface area contributed by atoms with Crippen molar-refractivity contribution in [3.63, 3.8) is 0 Å². The van der Waals surface area contributed by atoms with Gasteiger partial charge in [-0.3, -0.25) is 4.79 Å². The van der Waals surface area contributed by atoms with Crippen LogP contribution in [0.5, 0.6) is 0 Å². The summed E-state index contributed by atoms with van der Waals surface area (Å²) in [6, 6.07) is 3.70. The van der Waals surface area contributed by atoms with E-state index in [-0.39, 0.29) is 5.56 Å². The number of hydrogen-bond acceptors (Lipinski definition) is 2. The minimum atomic E-state index is 0.0731. The molecule has 0 atom stereocenters. The van der Waals surface area contributed by atoms with Crippen molar-refractivity contribution in [3.8, 4) is 0 Å². The Kier molecular flexibility index (Phi) is 4.18. The topological polar surface area (TPSA) is 25.2 Å². The molecule has 1 saturated heterocycles. The second kappa shape index (κ2) is 5.64. The number of aryl methyl sites for hydroxylation is 1. The summed E-state index contributed by atoms with van der Waals surface area (Å²) < 4.78 is 2.43. The average molecular weight is 285 g/mol. The van der Waals surface area contributed by atoms with Crippen molar-refractivity contribution in [1.82, 2.24) is 9.47 Å². The van der Waals surface area contributed by atoms with Gasteiger partial charge in [-0.25, -0.2) is 0 Å². The predicted molar refractivity (Wildman–Crippen MR) is 68.7 cm³/mol. The summed E-state index contributed by atoms with van der Waals surface area (Å²) >= 11 is 3.26. The summed E-state index contributed by atoms with van der Waals surface area (Å²) in [6.45, 7) is 4.38. The molecule has 1 aromatic heterocycles. The Bertz CT molecular complexity index is 396. The first-order valence-electron chi connectivity index (χ1n) is 5.85. The molecule has 0 aromatic carbocycles. The molecule has 2 rings (SSSR count). The van der Waals surface area contributed by atoms with Gasteiger partial charge < -0.3 is 9.47 Å². The van der Waals surface area contributed by atoms with Gasteiger partial charge in [-0.05, 0) is 67.0 Å². The Hall–Kier alpha value is -0.610. The second-order valence-electron chi connectivity index (χ2n) is 4.26. The van der Waals surface area contributed by atoms with Crippen LogP contribution in [0.1, 0.15) is 19.3 Å². The molecule has 0 spiro atoms. The summed E-state index contributed by atoms with van der Waals surface area (Å²) in [5.74, 6) is 0. The molecule has 2 heterocycles. The minimum Gasteiger partial charge on any atom is -0.315 e. The van der Waals surface area contributed by atoms with E-state index in [1.807, 2.05) is 12.3 Å². The number of hydrogen-bond donors (Lipinski definition) is 0. The molecular weight excluding hydrogens is 268 g/mol. The van der Waals surface area contributed by atoms with Gasteiger partial charge in [0.25, 0.3) is 5.56 Å². The fraction of sp³-hybridized carbons (Fsp3) is 0.583. The molecule has 88 valence electrons. The third-order valence-electron chi connectivity index (χ3n) is 3.05. The Balaban J connectivity index is 1.85. The average Bonchev–Trinajstić information content (AvgIpc) is 2.77. The van der Waals surface area contributed by atoms with Crippen LogP contribution < -0.4 is 5.56 Å². The SMILES string of the molecule is O=c1c(Br)cccn1CCCN1CCCC1. The summed E-state index contributed by atoms with van der Waals surface area (Å²) in [7, 11) is 0. The summed E-state index contributed by atoms with van der Waals surface area (Å²) in [5.41, 5.74) is 0.0731. The molecule has 1 aromatic rings. The van der Waals surface area contributed by atoms with Gasteiger partial charge in [0.05, 0.1) is 4.47 Å². The zero-order valence-corrected chi connectivity index (χ0v) is 10.9. The van der Waals surface area contributed by atoms with Crippen LogP contribution in [0.2, 0.25) is 0 Å². The molecule has 0 unspecified atom stereocenters. The minimum absolute atomic E-state index is 0.0731. The van der Waals surface area contributed by atoms with E-state index in [4.69, 9.17) is 0 Å². The van der Waals surface area contributed by atoms with Crippen molar-refractivity contribution in [2.75, 3.05) is 19.6 Å². The number of halogens is 1. The van der Waals surface area contributed by atoms with E-state index >= 15 is 0 Å². The van der Waals surface area contributed by atoms with E-state index in [1.54, 1.807) is 10.6 Å². The van der Waals surface area contributed by atoms with E-state index in [9.17, 15) is 4.79 Å². The largest absolute Gasteiger partial charge is 0.315 e. The Morgan fingerprint density at radius 2 is 2.00 bits per heavy atom. The lowest BCUT2D eigenvalue weighted by Crippen LogP contribution is -2.25. The van der Waals surface area contributed by atoms with Crippen molar-refractivity contribution in [2.24, 2.45) is 0 Å². The molecule has 0 radical (unpaired) electrons. The van der Waals surface area contributed by atoms with Crippen molar-refractivity contribution in [1.29, 1.82) is 0 Å². The highest BCUT2D eigenvalue weighted by Gasteiger charge is 2.10. The van der Waals surface area contributed by atoms with Gasteiger partial charge in [-0.15, -0.1) is 0 Å². The van der Waals surface area contributed by atoms with Gasteiger partial charge >= 0.3 is 0 Å². The maximum Gasteiger partial charge on any atom is 0.264 e. The van der Waals surface area contributed by atoms with Gasteiger partial charge in [0.2, 0.25) is 0 Å². The Morgan fingerprint density at radius 1 is 1.25 bits per heavy atom. The molecule has 0 N–H and O–H groups in total. The number of nitrogens with zero attached hydrogens (tertiary/aromatic N) is 2. The normalized spacial score (nSPS) is 16.8. The summed E-state index contributed by atoms with van der Waals surface area (Å²) in [6.07, 6.45) is 5.57. The molecule has 16 heavy (non-hydrogen) atoms. The molecule has 1 aliphatic rings. The van der Waals surface area contributed by atoms with E-state index in [0.29, 0.717) is 4.47 Å². The highest BCUT2D eigenvalue weighted by Crippen LogP contribution is 2.08. The lowest BCUT2D eigenvalue weighted by Gasteiger charge is -2.14. The first-order chi connectivity index (χ1) is 7.77.